The molecule has 0 saturated carbocycles. The standard InChI is InChI=1S/C18H26FN3O2/c1-24-16-7-5-6-15(19)17(16)20-18(23)22-11-8-14(13-22)12-21-9-3-2-4-10-21/h5-7,14H,2-4,8-13H2,1H3,(H,20,23). The van der Waals surface area contributed by atoms with Crippen LogP contribution in [0, 0.1) is 11.7 Å². The van der Waals surface area contributed by atoms with Crippen LogP contribution in [0.2, 0.25) is 0 Å². The number of nitrogens with zero attached hydrogens (tertiary/aromatic N) is 2. The summed E-state index contributed by atoms with van der Waals surface area (Å²) in [5, 5.41) is 2.67. The number of benzene rings is 1. The Morgan fingerprint density at radius 2 is 2.08 bits per heavy atom. The molecule has 3 rings (SSSR count). The number of piperidine rings is 1. The highest BCUT2D eigenvalue weighted by Gasteiger charge is 2.28. The van der Waals surface area contributed by atoms with Crippen molar-refractivity contribution in [3.63, 3.8) is 0 Å². The summed E-state index contributed by atoms with van der Waals surface area (Å²) >= 11 is 0. The van der Waals surface area contributed by atoms with Crippen molar-refractivity contribution in [1.82, 2.24) is 9.80 Å². The van der Waals surface area contributed by atoms with Gasteiger partial charge in [-0.1, -0.05) is 12.5 Å². The van der Waals surface area contributed by atoms with Gasteiger partial charge < -0.3 is 19.9 Å². The van der Waals surface area contributed by atoms with Crippen molar-refractivity contribution in [2.45, 2.75) is 25.7 Å². The van der Waals surface area contributed by atoms with Crippen molar-refractivity contribution in [2.24, 2.45) is 5.92 Å². The van der Waals surface area contributed by atoms with Gasteiger partial charge >= 0.3 is 6.03 Å². The summed E-state index contributed by atoms with van der Waals surface area (Å²) in [6, 6.07) is 4.27. The number of likely N-dealkylation sites (tertiary alicyclic amines) is 2. The summed E-state index contributed by atoms with van der Waals surface area (Å²) in [5.41, 5.74) is 0.115. The molecule has 2 heterocycles. The number of hydrogen-bond acceptors (Lipinski definition) is 3. The van der Waals surface area contributed by atoms with Crippen LogP contribution in [0.1, 0.15) is 25.7 Å². The zero-order valence-corrected chi connectivity index (χ0v) is 14.3. The Morgan fingerprint density at radius 1 is 1.29 bits per heavy atom. The Labute approximate surface area is 142 Å². The van der Waals surface area contributed by atoms with E-state index in [0.717, 1.165) is 26.1 Å². The normalized spacial score (nSPS) is 21.8. The Hall–Kier alpha value is -1.82. The van der Waals surface area contributed by atoms with E-state index < -0.39 is 5.82 Å². The lowest BCUT2D eigenvalue weighted by Crippen LogP contribution is -2.37. The van der Waals surface area contributed by atoms with Crippen LogP contribution in [-0.2, 0) is 0 Å². The van der Waals surface area contributed by atoms with Crippen LogP contribution in [0.4, 0.5) is 14.9 Å². The van der Waals surface area contributed by atoms with Crippen LogP contribution in [0.15, 0.2) is 18.2 Å². The number of nitrogens with one attached hydrogen (secondary N) is 1. The molecule has 1 N–H and O–H groups in total. The van der Waals surface area contributed by atoms with Crippen LogP contribution in [0.25, 0.3) is 0 Å². The fourth-order valence-electron chi connectivity index (χ4n) is 3.66. The summed E-state index contributed by atoms with van der Waals surface area (Å²) in [5.74, 6) is 0.371. The highest BCUT2D eigenvalue weighted by molar-refractivity contribution is 5.91. The molecular formula is C18H26FN3O2. The smallest absolute Gasteiger partial charge is 0.322 e. The van der Waals surface area contributed by atoms with Gasteiger partial charge in [0.25, 0.3) is 0 Å². The second-order valence-corrected chi connectivity index (χ2v) is 6.71. The third-order valence-electron chi connectivity index (χ3n) is 4.97. The van der Waals surface area contributed by atoms with E-state index in [9.17, 15) is 9.18 Å². The molecule has 0 radical (unpaired) electrons. The molecule has 2 fully saturated rings. The summed E-state index contributed by atoms with van der Waals surface area (Å²) in [6.45, 7) is 4.87. The van der Waals surface area contributed by atoms with E-state index in [4.69, 9.17) is 4.74 Å². The molecule has 5 nitrogen and oxygen atoms in total. The summed E-state index contributed by atoms with van der Waals surface area (Å²) in [7, 11) is 1.47. The second kappa shape index (κ2) is 7.83. The molecule has 1 unspecified atom stereocenters. The molecule has 2 saturated heterocycles. The number of hydrogen-bond donors (Lipinski definition) is 1. The molecule has 1 aromatic carbocycles. The van der Waals surface area contributed by atoms with Crippen molar-refractivity contribution < 1.29 is 13.9 Å². The van der Waals surface area contributed by atoms with Gasteiger partial charge in [-0.2, -0.15) is 0 Å². The van der Waals surface area contributed by atoms with Crippen LogP contribution in [0.5, 0.6) is 5.75 Å². The number of methoxy groups -OCH3 is 1. The molecule has 0 aromatic heterocycles. The SMILES string of the molecule is COc1cccc(F)c1NC(=O)N1CCC(CN2CCCCC2)C1. The van der Waals surface area contributed by atoms with Crippen molar-refractivity contribution in [1.29, 1.82) is 0 Å². The van der Waals surface area contributed by atoms with Gasteiger partial charge in [0.05, 0.1) is 7.11 Å². The van der Waals surface area contributed by atoms with Gasteiger partial charge in [0.1, 0.15) is 11.4 Å². The number of urea groups is 1. The highest BCUT2D eigenvalue weighted by Crippen LogP contribution is 2.28. The highest BCUT2D eigenvalue weighted by atomic mass is 19.1. The average Bonchev–Trinajstić information content (AvgIpc) is 3.06. The van der Waals surface area contributed by atoms with Crippen molar-refractivity contribution in [3.8, 4) is 5.75 Å². The fourth-order valence-corrected chi connectivity index (χ4v) is 3.66. The van der Waals surface area contributed by atoms with E-state index in [1.807, 2.05) is 0 Å². The molecule has 2 aliphatic heterocycles. The van der Waals surface area contributed by atoms with E-state index in [0.29, 0.717) is 11.7 Å². The lowest BCUT2D eigenvalue weighted by molar-refractivity contribution is 0.192. The maximum absolute atomic E-state index is 14.0. The zero-order chi connectivity index (χ0) is 16.9. The van der Waals surface area contributed by atoms with Gasteiger partial charge in [0.2, 0.25) is 0 Å². The van der Waals surface area contributed by atoms with Crippen molar-refractivity contribution in [2.75, 3.05) is 45.2 Å². The first-order valence-electron chi connectivity index (χ1n) is 8.78. The minimum absolute atomic E-state index is 0.115. The number of para-hydroxylation sites is 1. The number of rotatable bonds is 4. The first kappa shape index (κ1) is 17.0. The number of anilines is 1. The van der Waals surface area contributed by atoms with Crippen LogP contribution < -0.4 is 10.1 Å². The minimum atomic E-state index is -0.480. The summed E-state index contributed by atoms with van der Waals surface area (Å²) < 4.78 is 19.1. The lowest BCUT2D eigenvalue weighted by Gasteiger charge is -2.29. The maximum Gasteiger partial charge on any atom is 0.322 e. The van der Waals surface area contributed by atoms with Gasteiger partial charge in [0.15, 0.2) is 5.82 Å². The maximum atomic E-state index is 14.0. The second-order valence-electron chi connectivity index (χ2n) is 6.71. The molecule has 0 spiro atoms. The van der Waals surface area contributed by atoms with Gasteiger partial charge in [-0.15, -0.1) is 0 Å². The van der Waals surface area contributed by atoms with Gasteiger partial charge in [-0.25, -0.2) is 9.18 Å². The molecule has 1 aromatic rings. The zero-order valence-electron chi connectivity index (χ0n) is 14.3. The summed E-state index contributed by atoms with van der Waals surface area (Å²) in [4.78, 5) is 16.7. The molecule has 1 atom stereocenters. The topological polar surface area (TPSA) is 44.8 Å². The Morgan fingerprint density at radius 3 is 2.83 bits per heavy atom. The first-order valence-corrected chi connectivity index (χ1v) is 8.78. The lowest BCUT2D eigenvalue weighted by atomic mass is 10.1. The van der Waals surface area contributed by atoms with Crippen LogP contribution >= 0.6 is 0 Å². The average molecular weight is 335 g/mol. The van der Waals surface area contributed by atoms with Crippen LogP contribution in [0.3, 0.4) is 0 Å². The molecule has 2 amide bonds. The van der Waals surface area contributed by atoms with Gasteiger partial charge in [0, 0.05) is 19.6 Å². The number of carbonyl (C=O) groups is 1. The quantitative estimate of drug-likeness (QED) is 0.919. The van der Waals surface area contributed by atoms with Gasteiger partial charge in [-0.05, 0) is 50.4 Å². The molecule has 0 aliphatic carbocycles. The molecule has 24 heavy (non-hydrogen) atoms. The molecule has 132 valence electrons. The number of halogens is 1. The Balaban J connectivity index is 1.55. The summed E-state index contributed by atoms with van der Waals surface area (Å²) in [6.07, 6.45) is 4.91. The number of ether oxygens (including phenoxy) is 1. The van der Waals surface area contributed by atoms with E-state index >= 15 is 0 Å². The van der Waals surface area contributed by atoms with E-state index in [2.05, 4.69) is 10.2 Å². The molecule has 6 heteroatoms. The predicted octanol–water partition coefficient (Wildman–Crippen LogP) is 3.17. The molecule has 0 bridgehead atoms. The largest absolute Gasteiger partial charge is 0.494 e. The predicted molar refractivity (Wildman–Crippen MR) is 91.9 cm³/mol. The minimum Gasteiger partial charge on any atom is -0.494 e. The van der Waals surface area contributed by atoms with Crippen molar-refractivity contribution in [3.05, 3.63) is 24.0 Å². The van der Waals surface area contributed by atoms with E-state index in [1.165, 1.54) is 45.5 Å². The third-order valence-corrected chi connectivity index (χ3v) is 4.97. The van der Waals surface area contributed by atoms with E-state index in [-0.39, 0.29) is 11.7 Å². The molecule has 2 aliphatic rings. The fraction of sp³-hybridized carbons (Fsp3) is 0.611. The molecular weight excluding hydrogens is 309 g/mol. The Kier molecular flexibility index (Phi) is 5.56. The number of carbonyl (C=O) groups excluding carboxylic acids is 1. The first-order chi connectivity index (χ1) is 11.7. The Bertz CT molecular complexity index is 575. The monoisotopic (exact) mass is 335 g/mol. The van der Waals surface area contributed by atoms with E-state index in [1.54, 1.807) is 17.0 Å². The van der Waals surface area contributed by atoms with Crippen molar-refractivity contribution >= 4 is 11.7 Å². The number of amides is 2. The third kappa shape index (κ3) is 3.98. The van der Waals surface area contributed by atoms with Gasteiger partial charge in [-0.3, -0.25) is 0 Å². The van der Waals surface area contributed by atoms with Crippen LogP contribution in [-0.4, -0.2) is 55.7 Å².